The second-order valence-corrected chi connectivity index (χ2v) is 6.71. The fourth-order valence-corrected chi connectivity index (χ4v) is 3.62. The Morgan fingerprint density at radius 1 is 1.26 bits per heavy atom. The van der Waals surface area contributed by atoms with Gasteiger partial charge in [0.05, 0.1) is 10.4 Å². The van der Waals surface area contributed by atoms with E-state index < -0.39 is 17.7 Å². The Bertz CT molecular complexity index is 572. The van der Waals surface area contributed by atoms with E-state index >= 15 is 0 Å². The Hall–Kier alpha value is -0.490. The first-order valence-electron chi connectivity index (χ1n) is 5.51. The average Bonchev–Trinajstić information content (AvgIpc) is 2.63. The number of aryl methyl sites for hydroxylation is 1. The first-order chi connectivity index (χ1) is 8.93. The maximum atomic E-state index is 14.0. The van der Waals surface area contributed by atoms with Crippen LogP contribution in [-0.2, 0) is 0 Å². The van der Waals surface area contributed by atoms with Gasteiger partial charge >= 0.3 is 0 Å². The van der Waals surface area contributed by atoms with Gasteiger partial charge < -0.3 is 5.32 Å². The van der Waals surface area contributed by atoms with Crippen LogP contribution >= 0.6 is 38.9 Å². The van der Waals surface area contributed by atoms with Gasteiger partial charge in [0.15, 0.2) is 0 Å². The van der Waals surface area contributed by atoms with Crippen molar-refractivity contribution in [1.82, 2.24) is 5.32 Å². The Morgan fingerprint density at radius 2 is 1.84 bits per heavy atom. The van der Waals surface area contributed by atoms with E-state index in [1.165, 1.54) is 23.5 Å². The van der Waals surface area contributed by atoms with Gasteiger partial charge in [0.25, 0.3) is 0 Å². The molecule has 19 heavy (non-hydrogen) atoms. The lowest BCUT2D eigenvalue weighted by Crippen LogP contribution is -2.19. The van der Waals surface area contributed by atoms with Crippen LogP contribution in [0.15, 0.2) is 22.7 Å². The number of hydrogen-bond donors (Lipinski definition) is 1. The van der Waals surface area contributed by atoms with E-state index in [4.69, 9.17) is 11.6 Å². The van der Waals surface area contributed by atoms with E-state index in [0.717, 1.165) is 10.4 Å². The summed E-state index contributed by atoms with van der Waals surface area (Å²) in [5.74, 6) is -1.18. The molecule has 102 valence electrons. The largest absolute Gasteiger partial charge is 0.308 e. The van der Waals surface area contributed by atoms with E-state index in [2.05, 4.69) is 21.2 Å². The molecule has 1 heterocycles. The molecule has 1 aromatic carbocycles. The summed E-state index contributed by atoms with van der Waals surface area (Å²) in [6.07, 6.45) is 0. The molecule has 0 radical (unpaired) electrons. The third-order valence-electron chi connectivity index (χ3n) is 2.78. The van der Waals surface area contributed by atoms with Gasteiger partial charge in [-0.3, -0.25) is 0 Å². The Morgan fingerprint density at radius 3 is 2.26 bits per heavy atom. The molecule has 0 aliphatic heterocycles. The van der Waals surface area contributed by atoms with Gasteiger partial charge in [-0.1, -0.05) is 27.5 Å². The van der Waals surface area contributed by atoms with Crippen LogP contribution in [0.1, 0.15) is 22.0 Å². The predicted molar refractivity (Wildman–Crippen MR) is 79.0 cm³/mol. The van der Waals surface area contributed by atoms with Crippen molar-refractivity contribution in [2.75, 3.05) is 7.05 Å². The van der Waals surface area contributed by atoms with Crippen molar-refractivity contribution in [3.05, 3.63) is 54.6 Å². The van der Waals surface area contributed by atoms with Crippen molar-refractivity contribution in [2.24, 2.45) is 0 Å². The molecule has 1 nitrogen and oxygen atoms in total. The minimum atomic E-state index is -0.589. The minimum Gasteiger partial charge on any atom is -0.308 e. The molecule has 0 amide bonds. The summed E-state index contributed by atoms with van der Waals surface area (Å²) in [5.41, 5.74) is 0.906. The quantitative estimate of drug-likeness (QED) is 0.800. The molecule has 0 aliphatic rings. The summed E-state index contributed by atoms with van der Waals surface area (Å²) >= 11 is 10.4. The molecular weight excluding hydrogens is 356 g/mol. The number of nitrogens with one attached hydrogen (secondary N) is 1. The average molecular weight is 367 g/mol. The maximum absolute atomic E-state index is 14.0. The van der Waals surface area contributed by atoms with E-state index in [1.54, 1.807) is 7.05 Å². The first-order valence-corrected chi connectivity index (χ1v) is 7.50. The highest BCUT2D eigenvalue weighted by atomic mass is 79.9. The fourth-order valence-electron chi connectivity index (χ4n) is 1.88. The Labute approximate surface area is 127 Å². The molecule has 2 aromatic rings. The van der Waals surface area contributed by atoms with Crippen LogP contribution in [0.2, 0.25) is 4.34 Å². The summed E-state index contributed by atoms with van der Waals surface area (Å²) in [7, 11) is 1.66. The molecule has 1 N–H and O–H groups in total. The zero-order valence-electron chi connectivity index (χ0n) is 10.2. The fraction of sp³-hybridized carbons (Fsp3) is 0.231. The Kier molecular flexibility index (Phi) is 4.61. The van der Waals surface area contributed by atoms with Crippen molar-refractivity contribution >= 4 is 38.9 Å². The standard InChI is InChI=1S/C13H11BrClF2NS/c1-6-3-10(19-13(6)15)12(18-2)11-8(16)4-7(14)5-9(11)17/h3-5,12,18H,1-2H3. The summed E-state index contributed by atoms with van der Waals surface area (Å²) in [4.78, 5) is 0.783. The van der Waals surface area contributed by atoms with Crippen LogP contribution in [0, 0.1) is 18.6 Å². The molecule has 0 fully saturated rings. The predicted octanol–water partition coefficient (Wildman–Crippen LogP) is 5.06. The lowest BCUT2D eigenvalue weighted by atomic mass is 10.0. The van der Waals surface area contributed by atoms with Crippen LogP contribution in [-0.4, -0.2) is 7.05 Å². The van der Waals surface area contributed by atoms with Gasteiger partial charge in [0.1, 0.15) is 11.6 Å². The number of halogens is 4. The summed E-state index contributed by atoms with van der Waals surface area (Å²) in [6, 6.07) is 3.80. The molecule has 6 heteroatoms. The van der Waals surface area contributed by atoms with Gasteiger partial charge in [-0.15, -0.1) is 11.3 Å². The molecule has 1 aromatic heterocycles. The SMILES string of the molecule is CNC(c1cc(C)c(Cl)s1)c1c(F)cc(Br)cc1F. The van der Waals surface area contributed by atoms with E-state index in [0.29, 0.717) is 8.81 Å². The highest BCUT2D eigenvalue weighted by Gasteiger charge is 2.23. The molecule has 0 saturated carbocycles. The van der Waals surface area contributed by atoms with Crippen molar-refractivity contribution in [1.29, 1.82) is 0 Å². The zero-order chi connectivity index (χ0) is 14.2. The van der Waals surface area contributed by atoms with Crippen LogP contribution in [0.4, 0.5) is 8.78 Å². The highest BCUT2D eigenvalue weighted by Crippen LogP contribution is 2.36. The second-order valence-electron chi connectivity index (χ2n) is 4.11. The number of benzene rings is 1. The maximum Gasteiger partial charge on any atom is 0.132 e. The molecule has 1 atom stereocenters. The van der Waals surface area contributed by atoms with E-state index in [1.807, 2.05) is 13.0 Å². The first kappa shape index (κ1) is 14.9. The zero-order valence-corrected chi connectivity index (χ0v) is 13.4. The van der Waals surface area contributed by atoms with Gasteiger partial charge in [-0.05, 0) is 37.7 Å². The van der Waals surface area contributed by atoms with Gasteiger partial charge in [0.2, 0.25) is 0 Å². The van der Waals surface area contributed by atoms with Crippen molar-refractivity contribution in [3.63, 3.8) is 0 Å². The van der Waals surface area contributed by atoms with Crippen LogP contribution in [0.25, 0.3) is 0 Å². The summed E-state index contributed by atoms with van der Waals surface area (Å²) < 4.78 is 29.0. The van der Waals surface area contributed by atoms with Gasteiger partial charge in [-0.2, -0.15) is 0 Å². The molecule has 1 unspecified atom stereocenters. The summed E-state index contributed by atoms with van der Waals surface area (Å²) in [6.45, 7) is 1.86. The smallest absolute Gasteiger partial charge is 0.132 e. The Balaban J connectivity index is 2.54. The number of thiophene rings is 1. The molecule has 0 saturated heterocycles. The molecular formula is C13H11BrClF2NS. The van der Waals surface area contributed by atoms with E-state index in [9.17, 15) is 8.78 Å². The lowest BCUT2D eigenvalue weighted by Gasteiger charge is -2.17. The van der Waals surface area contributed by atoms with Crippen LogP contribution in [0.5, 0.6) is 0 Å². The van der Waals surface area contributed by atoms with Crippen LogP contribution < -0.4 is 5.32 Å². The van der Waals surface area contributed by atoms with Gasteiger partial charge in [-0.25, -0.2) is 8.78 Å². The van der Waals surface area contributed by atoms with Crippen LogP contribution in [0.3, 0.4) is 0 Å². The third kappa shape index (κ3) is 2.99. The monoisotopic (exact) mass is 365 g/mol. The number of hydrogen-bond acceptors (Lipinski definition) is 2. The third-order valence-corrected chi connectivity index (χ3v) is 4.86. The minimum absolute atomic E-state index is 0.00335. The van der Waals surface area contributed by atoms with Crippen molar-refractivity contribution in [2.45, 2.75) is 13.0 Å². The van der Waals surface area contributed by atoms with Crippen molar-refractivity contribution in [3.8, 4) is 0 Å². The highest BCUT2D eigenvalue weighted by molar-refractivity contribution is 9.10. The molecule has 0 bridgehead atoms. The van der Waals surface area contributed by atoms with E-state index in [-0.39, 0.29) is 5.56 Å². The number of rotatable bonds is 3. The lowest BCUT2D eigenvalue weighted by molar-refractivity contribution is 0.523. The molecule has 0 aliphatic carbocycles. The molecule has 2 rings (SSSR count). The molecule has 0 spiro atoms. The van der Waals surface area contributed by atoms with Crippen molar-refractivity contribution < 1.29 is 8.78 Å². The van der Waals surface area contributed by atoms with Gasteiger partial charge in [0, 0.05) is 14.9 Å². The topological polar surface area (TPSA) is 12.0 Å². The second kappa shape index (κ2) is 5.87. The summed E-state index contributed by atoms with van der Waals surface area (Å²) in [5, 5.41) is 2.93. The normalized spacial score (nSPS) is 12.7.